The van der Waals surface area contributed by atoms with Gasteiger partial charge in [-0.05, 0) is 29.9 Å². The van der Waals surface area contributed by atoms with Gasteiger partial charge in [-0.2, -0.15) is 0 Å². The average molecular weight is 315 g/mol. The third-order valence-corrected chi connectivity index (χ3v) is 3.37. The molecule has 1 aromatic heterocycles. The lowest BCUT2D eigenvalue weighted by atomic mass is 9.99. The van der Waals surface area contributed by atoms with Crippen LogP contribution in [0.1, 0.15) is 62.5 Å². The molecule has 0 aliphatic carbocycles. The van der Waals surface area contributed by atoms with Crippen molar-refractivity contribution in [1.29, 1.82) is 0 Å². The average Bonchev–Trinajstić information content (AvgIpc) is 2.86. The second-order valence-electron chi connectivity index (χ2n) is 7.24. The number of ether oxygens (including phenoxy) is 1. The van der Waals surface area contributed by atoms with Crippen LogP contribution in [0.4, 0.5) is 0 Å². The molecule has 0 aliphatic heterocycles. The van der Waals surface area contributed by atoms with Crippen LogP contribution in [0.15, 0.2) is 24.3 Å². The number of hydrogen-bond acceptors (Lipinski definition) is 4. The maximum atomic E-state index is 12.1. The Bertz CT molecular complexity index is 697. The third kappa shape index (κ3) is 4.18. The largest absolute Gasteiger partial charge is 0.459 e. The van der Waals surface area contributed by atoms with Crippen molar-refractivity contribution in [2.75, 3.05) is 6.61 Å². The second kappa shape index (κ2) is 6.52. The number of esters is 1. The number of benzene rings is 1. The second-order valence-corrected chi connectivity index (χ2v) is 7.24. The Morgan fingerprint density at radius 1 is 1.26 bits per heavy atom. The predicted molar refractivity (Wildman–Crippen MR) is 89.9 cm³/mol. The number of aryl methyl sites for hydroxylation is 1. The van der Waals surface area contributed by atoms with Gasteiger partial charge in [-0.1, -0.05) is 52.8 Å². The summed E-state index contributed by atoms with van der Waals surface area (Å²) < 4.78 is 7.01. The standard InChI is InChI=1S/C18H25N3O2/c1-12(2)14-9-7-8-10-15(14)21-13(3)19-16(20-21)17(22)23-11-18(4,5)6/h7-10,12H,11H2,1-6H3. The minimum Gasteiger partial charge on any atom is -0.459 e. The fraction of sp³-hybridized carbons (Fsp3) is 0.500. The van der Waals surface area contributed by atoms with Gasteiger partial charge in [0.15, 0.2) is 0 Å². The number of rotatable bonds is 4. The SMILES string of the molecule is Cc1nc(C(=O)OCC(C)(C)C)nn1-c1ccccc1C(C)C. The fourth-order valence-electron chi connectivity index (χ4n) is 2.22. The maximum Gasteiger partial charge on any atom is 0.378 e. The van der Waals surface area contributed by atoms with Gasteiger partial charge < -0.3 is 4.74 Å². The normalized spacial score (nSPS) is 11.8. The van der Waals surface area contributed by atoms with Crippen molar-refractivity contribution in [2.45, 2.75) is 47.5 Å². The van der Waals surface area contributed by atoms with Crippen LogP contribution in [0.5, 0.6) is 0 Å². The molecule has 0 bridgehead atoms. The molecule has 0 spiro atoms. The van der Waals surface area contributed by atoms with E-state index in [0.29, 0.717) is 18.3 Å². The highest BCUT2D eigenvalue weighted by atomic mass is 16.5. The molecule has 5 nitrogen and oxygen atoms in total. The molecule has 1 aromatic carbocycles. The summed E-state index contributed by atoms with van der Waals surface area (Å²) in [5.41, 5.74) is 2.02. The van der Waals surface area contributed by atoms with Crippen molar-refractivity contribution in [1.82, 2.24) is 14.8 Å². The van der Waals surface area contributed by atoms with Gasteiger partial charge in [-0.3, -0.25) is 0 Å². The predicted octanol–water partition coefficient (Wildman–Crippen LogP) is 3.90. The lowest BCUT2D eigenvalue weighted by Crippen LogP contribution is -2.19. The topological polar surface area (TPSA) is 57.0 Å². The van der Waals surface area contributed by atoms with Crippen LogP contribution in [0.3, 0.4) is 0 Å². The summed E-state index contributed by atoms with van der Waals surface area (Å²) in [7, 11) is 0. The van der Waals surface area contributed by atoms with E-state index in [1.165, 1.54) is 0 Å². The molecule has 0 saturated carbocycles. The van der Waals surface area contributed by atoms with E-state index in [2.05, 4.69) is 30.0 Å². The van der Waals surface area contributed by atoms with E-state index in [0.717, 1.165) is 11.3 Å². The molecule has 0 amide bonds. The van der Waals surface area contributed by atoms with Gasteiger partial charge in [0.2, 0.25) is 0 Å². The van der Waals surface area contributed by atoms with E-state index in [9.17, 15) is 4.79 Å². The van der Waals surface area contributed by atoms with Crippen molar-refractivity contribution in [2.24, 2.45) is 5.41 Å². The van der Waals surface area contributed by atoms with Crippen LogP contribution < -0.4 is 0 Å². The first-order chi connectivity index (χ1) is 10.7. The van der Waals surface area contributed by atoms with E-state index < -0.39 is 5.97 Å². The molecule has 2 aromatic rings. The summed E-state index contributed by atoms with van der Waals surface area (Å²) in [6, 6.07) is 8.02. The molecule has 0 unspecified atom stereocenters. The quantitative estimate of drug-likeness (QED) is 0.803. The Kier molecular flexibility index (Phi) is 4.88. The molecule has 0 radical (unpaired) electrons. The van der Waals surface area contributed by atoms with Crippen LogP contribution in [-0.4, -0.2) is 27.3 Å². The number of para-hydroxylation sites is 1. The Morgan fingerprint density at radius 3 is 2.52 bits per heavy atom. The molecule has 2 rings (SSSR count). The van der Waals surface area contributed by atoms with E-state index in [1.54, 1.807) is 4.68 Å². The van der Waals surface area contributed by atoms with Gasteiger partial charge in [-0.25, -0.2) is 14.5 Å². The summed E-state index contributed by atoms with van der Waals surface area (Å²) in [5.74, 6) is 0.640. The summed E-state index contributed by atoms with van der Waals surface area (Å²) >= 11 is 0. The first-order valence-electron chi connectivity index (χ1n) is 7.89. The van der Waals surface area contributed by atoms with Crippen LogP contribution in [0.25, 0.3) is 5.69 Å². The molecular weight excluding hydrogens is 290 g/mol. The molecule has 124 valence electrons. The highest BCUT2D eigenvalue weighted by Crippen LogP contribution is 2.23. The summed E-state index contributed by atoms with van der Waals surface area (Å²) in [6.45, 7) is 12.5. The van der Waals surface area contributed by atoms with Gasteiger partial charge in [0.05, 0.1) is 12.3 Å². The van der Waals surface area contributed by atoms with E-state index in [1.807, 2.05) is 45.9 Å². The highest BCUT2D eigenvalue weighted by molar-refractivity contribution is 5.85. The molecule has 0 saturated heterocycles. The van der Waals surface area contributed by atoms with Crippen LogP contribution in [0, 0.1) is 12.3 Å². The number of aromatic nitrogens is 3. The van der Waals surface area contributed by atoms with E-state index in [-0.39, 0.29) is 11.2 Å². The van der Waals surface area contributed by atoms with Crippen LogP contribution in [-0.2, 0) is 4.74 Å². The Labute approximate surface area is 137 Å². The third-order valence-electron chi connectivity index (χ3n) is 3.37. The monoisotopic (exact) mass is 315 g/mol. The molecule has 0 N–H and O–H groups in total. The Morgan fingerprint density at radius 2 is 1.91 bits per heavy atom. The first-order valence-corrected chi connectivity index (χ1v) is 7.89. The highest BCUT2D eigenvalue weighted by Gasteiger charge is 2.21. The molecule has 0 aliphatic rings. The van der Waals surface area contributed by atoms with Gasteiger partial charge in [0, 0.05) is 0 Å². The number of carbonyl (C=O) groups excluding carboxylic acids is 1. The minimum atomic E-state index is -0.483. The lowest BCUT2D eigenvalue weighted by Gasteiger charge is -2.16. The van der Waals surface area contributed by atoms with Crippen molar-refractivity contribution < 1.29 is 9.53 Å². The molecule has 5 heteroatoms. The van der Waals surface area contributed by atoms with Crippen molar-refractivity contribution in [3.05, 3.63) is 41.5 Å². The summed E-state index contributed by atoms with van der Waals surface area (Å²) in [6.07, 6.45) is 0. The minimum absolute atomic E-state index is 0.0858. The van der Waals surface area contributed by atoms with Crippen molar-refractivity contribution in [3.8, 4) is 5.69 Å². The van der Waals surface area contributed by atoms with E-state index >= 15 is 0 Å². The zero-order chi connectivity index (χ0) is 17.2. The van der Waals surface area contributed by atoms with Gasteiger partial charge in [-0.15, -0.1) is 5.10 Å². The molecule has 1 heterocycles. The first kappa shape index (κ1) is 17.2. The lowest BCUT2D eigenvalue weighted by molar-refractivity contribution is 0.0353. The molecule has 23 heavy (non-hydrogen) atoms. The van der Waals surface area contributed by atoms with Gasteiger partial charge in [0.1, 0.15) is 5.82 Å². The Hall–Kier alpha value is -2.17. The van der Waals surface area contributed by atoms with Gasteiger partial charge >= 0.3 is 5.97 Å². The fourth-order valence-corrected chi connectivity index (χ4v) is 2.22. The molecule has 0 atom stereocenters. The number of nitrogens with zero attached hydrogens (tertiary/aromatic N) is 3. The molecule has 0 fully saturated rings. The number of hydrogen-bond donors (Lipinski definition) is 0. The Balaban J connectivity index is 2.30. The molecular formula is C18H25N3O2. The zero-order valence-corrected chi connectivity index (χ0v) is 14.8. The van der Waals surface area contributed by atoms with E-state index in [4.69, 9.17) is 4.74 Å². The van der Waals surface area contributed by atoms with Crippen LogP contribution in [0.2, 0.25) is 0 Å². The summed E-state index contributed by atoms with van der Waals surface area (Å²) in [4.78, 5) is 16.4. The maximum absolute atomic E-state index is 12.1. The zero-order valence-electron chi connectivity index (χ0n) is 14.8. The van der Waals surface area contributed by atoms with Crippen LogP contribution >= 0.6 is 0 Å². The van der Waals surface area contributed by atoms with Crippen molar-refractivity contribution in [3.63, 3.8) is 0 Å². The van der Waals surface area contributed by atoms with Crippen molar-refractivity contribution >= 4 is 5.97 Å². The number of carbonyl (C=O) groups is 1. The summed E-state index contributed by atoms with van der Waals surface area (Å²) in [5, 5.41) is 4.35. The smallest absolute Gasteiger partial charge is 0.378 e. The van der Waals surface area contributed by atoms with Gasteiger partial charge in [0.25, 0.3) is 5.82 Å².